The summed E-state index contributed by atoms with van der Waals surface area (Å²) in [6.07, 6.45) is 0. The van der Waals surface area contributed by atoms with E-state index in [1.165, 1.54) is 13.0 Å². The third-order valence-electron chi connectivity index (χ3n) is 4.57. The summed E-state index contributed by atoms with van der Waals surface area (Å²) < 4.78 is 0. The normalized spacial score (nSPS) is 11.0. The van der Waals surface area contributed by atoms with E-state index >= 15 is 0 Å². The van der Waals surface area contributed by atoms with Gasteiger partial charge in [0, 0.05) is 31.8 Å². The molecule has 2 radical (unpaired) electrons. The zero-order chi connectivity index (χ0) is 23.1. The van der Waals surface area contributed by atoms with Gasteiger partial charge in [0.25, 0.3) is 5.69 Å². The molecule has 10 nitrogen and oxygen atoms in total. The Morgan fingerprint density at radius 2 is 1.68 bits per heavy atom. The fourth-order valence-electron chi connectivity index (χ4n) is 3.28. The maximum absolute atomic E-state index is 11.7. The molecule has 0 bridgehead atoms. The lowest BCUT2D eigenvalue weighted by Crippen LogP contribution is -2.29. The van der Waals surface area contributed by atoms with Gasteiger partial charge in [-0.25, -0.2) is 10.2 Å². The lowest BCUT2D eigenvalue weighted by atomic mass is 10.1. The molecular weight excluding hydrogens is 402 g/mol. The summed E-state index contributed by atoms with van der Waals surface area (Å²) in [7, 11) is 0. The van der Waals surface area contributed by atoms with Crippen LogP contribution in [0, 0.1) is 30.9 Å². The smallest absolute Gasteiger partial charge is 0.297 e. The van der Waals surface area contributed by atoms with E-state index < -0.39 is 4.92 Å². The number of hydrogen-bond acceptors (Lipinski definition) is 6. The predicted molar refractivity (Wildman–Crippen MR) is 116 cm³/mol. The van der Waals surface area contributed by atoms with E-state index in [1.54, 1.807) is 43.9 Å². The molecule has 0 spiro atoms. The number of azo groups is 1. The van der Waals surface area contributed by atoms with E-state index in [4.69, 9.17) is 0 Å². The molecule has 164 valence electrons. The minimum atomic E-state index is -0.513. The van der Waals surface area contributed by atoms with Gasteiger partial charge >= 0.3 is 0 Å². The third-order valence-corrected chi connectivity index (χ3v) is 4.57. The Hall–Kier alpha value is -3.37. The SMILES string of the molecule is CC(=O)Nc1cc(N(CC[O])CC[O])c(C)cc1N=Nc1c(C)cc(C)cc1[N+](=O)[O-]. The fourth-order valence-corrected chi connectivity index (χ4v) is 3.28. The number of carbonyl (C=O) groups is 1. The monoisotopic (exact) mass is 427 g/mol. The molecule has 31 heavy (non-hydrogen) atoms. The van der Waals surface area contributed by atoms with Gasteiger partial charge < -0.3 is 10.2 Å². The van der Waals surface area contributed by atoms with Crippen LogP contribution in [0.25, 0.3) is 0 Å². The van der Waals surface area contributed by atoms with Crippen LogP contribution < -0.4 is 10.2 Å². The lowest BCUT2D eigenvalue weighted by Gasteiger charge is -2.25. The van der Waals surface area contributed by atoms with Crippen LogP contribution in [-0.2, 0) is 15.0 Å². The molecule has 0 aliphatic rings. The summed E-state index contributed by atoms with van der Waals surface area (Å²) in [5, 5.41) is 44.7. The van der Waals surface area contributed by atoms with Crippen molar-refractivity contribution in [2.24, 2.45) is 10.2 Å². The van der Waals surface area contributed by atoms with Crippen molar-refractivity contribution >= 4 is 34.3 Å². The van der Waals surface area contributed by atoms with Crippen LogP contribution in [0.3, 0.4) is 0 Å². The number of amides is 1. The first-order valence-electron chi connectivity index (χ1n) is 9.68. The highest BCUT2D eigenvalue weighted by atomic mass is 16.6. The molecule has 0 saturated carbocycles. The molecule has 0 aliphatic carbocycles. The Kier molecular flexibility index (Phi) is 8.17. The molecule has 0 atom stereocenters. The standard InChI is InChI=1S/C21H25N5O5/c1-13-9-15(3)21(20(10-13)26(30)31)24-23-18-11-14(2)19(12-17(18)22-16(4)29)25(5-7-27)6-8-28/h9-12H,5-8H2,1-4H3,(H,22,29). The van der Waals surface area contributed by atoms with Crippen molar-refractivity contribution in [1.82, 2.24) is 0 Å². The van der Waals surface area contributed by atoms with Crippen molar-refractivity contribution in [3.05, 3.63) is 51.1 Å². The van der Waals surface area contributed by atoms with E-state index in [0.29, 0.717) is 22.6 Å². The van der Waals surface area contributed by atoms with Crippen LogP contribution in [0.4, 0.5) is 28.4 Å². The highest BCUT2D eigenvalue weighted by Gasteiger charge is 2.18. The predicted octanol–water partition coefficient (Wildman–Crippen LogP) is 4.56. The number of nitrogens with one attached hydrogen (secondary N) is 1. The first kappa shape index (κ1) is 23.9. The van der Waals surface area contributed by atoms with E-state index in [1.807, 2.05) is 0 Å². The number of hydrogen-bond donors (Lipinski definition) is 1. The molecule has 0 heterocycles. The molecule has 2 aromatic rings. The summed E-state index contributed by atoms with van der Waals surface area (Å²) in [5.41, 5.74) is 3.28. The van der Waals surface area contributed by atoms with Crippen molar-refractivity contribution in [2.75, 3.05) is 36.5 Å². The quantitative estimate of drug-likeness (QED) is 0.356. The number of anilines is 2. The Balaban J connectivity index is 2.58. The largest absolute Gasteiger partial charge is 0.366 e. The molecule has 2 aromatic carbocycles. The zero-order valence-electron chi connectivity index (χ0n) is 18.0. The van der Waals surface area contributed by atoms with Crippen molar-refractivity contribution in [3.8, 4) is 0 Å². The van der Waals surface area contributed by atoms with Gasteiger partial charge in [-0.1, -0.05) is 6.07 Å². The molecule has 10 heteroatoms. The van der Waals surface area contributed by atoms with E-state index in [0.717, 1.165) is 11.1 Å². The first-order valence-corrected chi connectivity index (χ1v) is 9.68. The number of aryl methyl sites for hydroxylation is 3. The van der Waals surface area contributed by atoms with Crippen LogP contribution in [0.1, 0.15) is 23.6 Å². The lowest BCUT2D eigenvalue weighted by molar-refractivity contribution is -0.384. The van der Waals surface area contributed by atoms with Gasteiger partial charge in [0.2, 0.25) is 5.91 Å². The van der Waals surface area contributed by atoms with Gasteiger partial charge in [-0.3, -0.25) is 14.9 Å². The Bertz CT molecular complexity index is 1000. The second kappa shape index (κ2) is 10.6. The molecule has 0 aromatic heterocycles. The summed E-state index contributed by atoms with van der Waals surface area (Å²) in [6, 6.07) is 6.48. The number of benzene rings is 2. The van der Waals surface area contributed by atoms with Crippen LogP contribution in [0.15, 0.2) is 34.5 Å². The van der Waals surface area contributed by atoms with Crippen molar-refractivity contribution in [1.29, 1.82) is 0 Å². The van der Waals surface area contributed by atoms with Gasteiger partial charge in [-0.15, -0.1) is 10.2 Å². The van der Waals surface area contributed by atoms with Gasteiger partial charge in [0.1, 0.15) is 5.69 Å². The first-order chi connectivity index (χ1) is 14.7. The summed E-state index contributed by atoms with van der Waals surface area (Å²) in [5.74, 6) is -0.344. The van der Waals surface area contributed by atoms with Gasteiger partial charge in [-0.05, 0) is 49.6 Å². The van der Waals surface area contributed by atoms with Crippen LogP contribution in [0.5, 0.6) is 0 Å². The Morgan fingerprint density at radius 3 is 2.23 bits per heavy atom. The summed E-state index contributed by atoms with van der Waals surface area (Å²) >= 11 is 0. The summed E-state index contributed by atoms with van der Waals surface area (Å²) in [4.78, 5) is 24.3. The maximum atomic E-state index is 11.7. The van der Waals surface area contributed by atoms with Crippen molar-refractivity contribution in [3.63, 3.8) is 0 Å². The Morgan fingerprint density at radius 1 is 1.03 bits per heavy atom. The number of nitro groups is 1. The molecule has 1 amide bonds. The van der Waals surface area contributed by atoms with Crippen LogP contribution in [0.2, 0.25) is 0 Å². The van der Waals surface area contributed by atoms with Crippen LogP contribution >= 0.6 is 0 Å². The van der Waals surface area contributed by atoms with Gasteiger partial charge in [-0.2, -0.15) is 0 Å². The average Bonchev–Trinajstić information content (AvgIpc) is 2.67. The topological polar surface area (TPSA) is 140 Å². The van der Waals surface area contributed by atoms with Crippen molar-refractivity contribution < 1.29 is 19.9 Å². The van der Waals surface area contributed by atoms with E-state index in [-0.39, 0.29) is 43.6 Å². The molecule has 0 unspecified atom stereocenters. The fraction of sp³-hybridized carbons (Fsp3) is 0.381. The number of rotatable bonds is 9. The highest BCUT2D eigenvalue weighted by Crippen LogP contribution is 2.37. The molecule has 0 saturated heterocycles. The molecular formula is C21H25N5O5. The zero-order valence-corrected chi connectivity index (χ0v) is 18.0. The molecule has 2 rings (SSSR count). The van der Waals surface area contributed by atoms with Crippen molar-refractivity contribution in [2.45, 2.75) is 27.7 Å². The number of carbonyl (C=O) groups excluding carboxylic acids is 1. The minimum Gasteiger partial charge on any atom is -0.366 e. The molecule has 1 N–H and O–H groups in total. The number of nitrogens with zero attached hydrogens (tertiary/aromatic N) is 4. The average molecular weight is 427 g/mol. The second-order valence-electron chi connectivity index (χ2n) is 7.14. The Labute approximate surface area is 180 Å². The highest BCUT2D eigenvalue weighted by molar-refractivity contribution is 5.93. The second-order valence-corrected chi connectivity index (χ2v) is 7.14. The third kappa shape index (κ3) is 6.06. The van der Waals surface area contributed by atoms with E-state index in [9.17, 15) is 25.1 Å². The van der Waals surface area contributed by atoms with Gasteiger partial charge in [0.05, 0.1) is 23.8 Å². The minimum absolute atomic E-state index is 0.130. The van der Waals surface area contributed by atoms with Gasteiger partial charge in [0.15, 0.2) is 5.69 Å². The van der Waals surface area contributed by atoms with Crippen LogP contribution in [-0.4, -0.2) is 37.1 Å². The molecule has 0 fully saturated rings. The maximum Gasteiger partial charge on any atom is 0.297 e. The number of nitro benzene ring substituents is 1. The summed E-state index contributed by atoms with van der Waals surface area (Å²) in [6.45, 7) is 6.13. The van der Waals surface area contributed by atoms with E-state index in [2.05, 4.69) is 15.5 Å². The molecule has 0 aliphatic heterocycles.